The molecule has 162 valence electrons. The van der Waals surface area contributed by atoms with Gasteiger partial charge in [0.2, 0.25) is 11.7 Å². The van der Waals surface area contributed by atoms with Crippen LogP contribution in [0.5, 0.6) is 0 Å². The number of nitrogens with one attached hydrogen (secondary N) is 2. The highest BCUT2D eigenvalue weighted by Gasteiger charge is 2.13. The molecule has 31 heavy (non-hydrogen) atoms. The summed E-state index contributed by atoms with van der Waals surface area (Å²) < 4.78 is 2.04. The van der Waals surface area contributed by atoms with E-state index in [1.165, 1.54) is 24.6 Å². The molecule has 0 radical (unpaired) electrons. The Hall–Kier alpha value is -3.88. The van der Waals surface area contributed by atoms with E-state index in [0.29, 0.717) is 12.4 Å². The number of anilines is 3. The number of amides is 1. The number of carbonyl (C=O) groups excluding carboxylic acids is 1. The summed E-state index contributed by atoms with van der Waals surface area (Å²) >= 11 is 0. The smallest absolute Gasteiger partial charge is 0.311 e. The number of benzene rings is 1. The Morgan fingerprint density at radius 1 is 1.19 bits per heavy atom. The van der Waals surface area contributed by atoms with E-state index in [4.69, 9.17) is 5.73 Å². The maximum Gasteiger partial charge on any atom is 0.311 e. The van der Waals surface area contributed by atoms with Gasteiger partial charge in [-0.2, -0.15) is 0 Å². The molecular formula is C22H26N6O3. The summed E-state index contributed by atoms with van der Waals surface area (Å²) in [5.74, 6) is 0.262. The molecule has 0 unspecified atom stereocenters. The lowest BCUT2D eigenvalue weighted by molar-refractivity contribution is -0.384. The zero-order chi connectivity index (χ0) is 22.4. The number of nitrogens with zero attached hydrogens (tertiary/aromatic N) is 3. The van der Waals surface area contributed by atoms with Crippen LogP contribution in [0.3, 0.4) is 0 Å². The fourth-order valence-electron chi connectivity index (χ4n) is 3.27. The Balaban J connectivity index is 1.64. The molecule has 2 heterocycles. The topological polar surface area (TPSA) is 128 Å². The van der Waals surface area contributed by atoms with Crippen molar-refractivity contribution in [3.63, 3.8) is 0 Å². The van der Waals surface area contributed by atoms with Gasteiger partial charge in [0.25, 0.3) is 0 Å². The van der Waals surface area contributed by atoms with Gasteiger partial charge in [-0.15, -0.1) is 0 Å². The minimum absolute atomic E-state index is 0.112. The van der Waals surface area contributed by atoms with Crippen molar-refractivity contribution in [3.8, 4) is 11.1 Å². The normalized spacial score (nSPS) is 10.6. The molecule has 0 aliphatic heterocycles. The summed E-state index contributed by atoms with van der Waals surface area (Å²) in [5.41, 5.74) is 9.46. The molecule has 1 aromatic carbocycles. The highest BCUT2D eigenvalue weighted by molar-refractivity contribution is 5.94. The van der Waals surface area contributed by atoms with Crippen molar-refractivity contribution in [3.05, 3.63) is 64.5 Å². The van der Waals surface area contributed by atoms with Crippen LogP contribution in [0.25, 0.3) is 11.1 Å². The van der Waals surface area contributed by atoms with Crippen LogP contribution in [-0.2, 0) is 17.8 Å². The number of rotatable bonds is 9. The number of hydrogen-bond acceptors (Lipinski definition) is 6. The van der Waals surface area contributed by atoms with Gasteiger partial charge < -0.3 is 20.9 Å². The monoisotopic (exact) mass is 422 g/mol. The summed E-state index contributed by atoms with van der Waals surface area (Å²) in [6, 6.07) is 11.2. The summed E-state index contributed by atoms with van der Waals surface area (Å²) in [4.78, 5) is 25.9. The van der Waals surface area contributed by atoms with Gasteiger partial charge in [0, 0.05) is 44.0 Å². The molecule has 9 heteroatoms. The van der Waals surface area contributed by atoms with Crippen LogP contribution < -0.4 is 16.4 Å². The second-order valence-electron chi connectivity index (χ2n) is 7.19. The second-order valence-corrected chi connectivity index (χ2v) is 7.19. The van der Waals surface area contributed by atoms with Crippen molar-refractivity contribution in [1.29, 1.82) is 0 Å². The first-order valence-electron chi connectivity index (χ1n) is 10.1. The number of aryl methyl sites for hydroxylation is 2. The summed E-state index contributed by atoms with van der Waals surface area (Å²) in [6.07, 6.45) is 5.70. The van der Waals surface area contributed by atoms with Crippen molar-refractivity contribution in [1.82, 2.24) is 9.55 Å². The van der Waals surface area contributed by atoms with Crippen LogP contribution in [0.15, 0.2) is 48.8 Å². The summed E-state index contributed by atoms with van der Waals surface area (Å²) in [6.45, 7) is 4.93. The molecule has 0 aliphatic rings. The number of nitro groups is 1. The molecule has 0 atom stereocenters. The van der Waals surface area contributed by atoms with E-state index in [0.717, 1.165) is 36.2 Å². The highest BCUT2D eigenvalue weighted by Crippen LogP contribution is 2.30. The lowest BCUT2D eigenvalue weighted by Gasteiger charge is -2.07. The molecule has 0 spiro atoms. The van der Waals surface area contributed by atoms with E-state index < -0.39 is 4.92 Å². The third-order valence-corrected chi connectivity index (χ3v) is 4.86. The first-order valence-corrected chi connectivity index (χ1v) is 10.1. The first-order chi connectivity index (χ1) is 14.9. The van der Waals surface area contributed by atoms with Gasteiger partial charge in [0.1, 0.15) is 5.82 Å². The van der Waals surface area contributed by atoms with Gasteiger partial charge in [-0.3, -0.25) is 14.9 Å². The minimum atomic E-state index is -0.557. The molecular weight excluding hydrogens is 396 g/mol. The van der Waals surface area contributed by atoms with Crippen LogP contribution in [0, 0.1) is 10.1 Å². The summed E-state index contributed by atoms with van der Waals surface area (Å²) in [5, 5.41) is 16.8. The second kappa shape index (κ2) is 9.75. The maximum atomic E-state index is 11.6. The van der Waals surface area contributed by atoms with Gasteiger partial charge in [0.15, 0.2) is 0 Å². The number of nitrogens with two attached hydrogens (primary N) is 1. The maximum absolute atomic E-state index is 11.6. The van der Waals surface area contributed by atoms with Crippen molar-refractivity contribution >= 4 is 28.9 Å². The number of nitrogen functional groups attached to an aromatic ring is 1. The van der Waals surface area contributed by atoms with Gasteiger partial charge >= 0.3 is 5.69 Å². The zero-order valence-corrected chi connectivity index (χ0v) is 17.6. The van der Waals surface area contributed by atoms with E-state index in [2.05, 4.69) is 46.8 Å². The molecule has 0 fully saturated rings. The van der Waals surface area contributed by atoms with Crippen molar-refractivity contribution < 1.29 is 9.72 Å². The minimum Gasteiger partial charge on any atom is -0.378 e. The molecule has 0 aliphatic carbocycles. The molecule has 2 aromatic heterocycles. The van der Waals surface area contributed by atoms with Crippen LogP contribution in [0.2, 0.25) is 0 Å². The zero-order valence-electron chi connectivity index (χ0n) is 17.6. The lowest BCUT2D eigenvalue weighted by Crippen LogP contribution is -2.08. The molecule has 0 saturated carbocycles. The van der Waals surface area contributed by atoms with Crippen LogP contribution in [0.1, 0.15) is 25.8 Å². The average Bonchev–Trinajstić information content (AvgIpc) is 3.13. The van der Waals surface area contributed by atoms with E-state index >= 15 is 0 Å². The van der Waals surface area contributed by atoms with Crippen molar-refractivity contribution in [2.45, 2.75) is 33.2 Å². The SMILES string of the molecule is CCc1ccc(-c2cn(CCCNc3ccc([N+](=O)[O-])c(N)n3)cc2NC(C)=O)cc1. The van der Waals surface area contributed by atoms with Gasteiger partial charge in [-0.05, 0) is 30.0 Å². The average molecular weight is 422 g/mol. The predicted molar refractivity (Wildman–Crippen MR) is 122 cm³/mol. The van der Waals surface area contributed by atoms with Crippen LogP contribution in [0.4, 0.5) is 23.0 Å². The Kier molecular flexibility index (Phi) is 6.86. The van der Waals surface area contributed by atoms with E-state index in [1.807, 2.05) is 17.0 Å². The number of hydrogen-bond donors (Lipinski definition) is 3. The van der Waals surface area contributed by atoms with E-state index in [9.17, 15) is 14.9 Å². The van der Waals surface area contributed by atoms with Crippen molar-refractivity contribution in [2.24, 2.45) is 0 Å². The molecule has 0 bridgehead atoms. The Morgan fingerprint density at radius 2 is 1.94 bits per heavy atom. The standard InChI is InChI=1S/C22H26N6O3/c1-3-16-5-7-17(8-6-16)18-13-27(14-19(18)25-15(2)29)12-4-11-24-21-10-9-20(28(30)31)22(23)26-21/h5-10,13-14H,3-4,11-12H2,1-2H3,(H,25,29)(H3,23,24,26). The van der Waals surface area contributed by atoms with Crippen LogP contribution in [-0.4, -0.2) is 26.9 Å². The molecule has 4 N–H and O–H groups in total. The fourth-order valence-corrected chi connectivity index (χ4v) is 3.27. The number of pyridine rings is 1. The third kappa shape index (κ3) is 5.59. The van der Waals surface area contributed by atoms with Gasteiger partial charge in [0.05, 0.1) is 10.6 Å². The highest BCUT2D eigenvalue weighted by atomic mass is 16.6. The Morgan fingerprint density at radius 3 is 2.55 bits per heavy atom. The third-order valence-electron chi connectivity index (χ3n) is 4.86. The number of carbonyl (C=O) groups is 1. The molecule has 0 saturated heterocycles. The van der Waals surface area contributed by atoms with E-state index in [-0.39, 0.29) is 17.4 Å². The molecule has 1 amide bonds. The molecule has 3 aromatic rings. The predicted octanol–water partition coefficient (Wildman–Crippen LogP) is 4.06. The summed E-state index contributed by atoms with van der Waals surface area (Å²) in [7, 11) is 0. The Bertz CT molecular complexity index is 1080. The lowest BCUT2D eigenvalue weighted by atomic mass is 10.0. The fraction of sp³-hybridized carbons (Fsp3) is 0.273. The first kappa shape index (κ1) is 21.8. The molecule has 9 nitrogen and oxygen atoms in total. The van der Waals surface area contributed by atoms with Crippen molar-refractivity contribution in [2.75, 3.05) is 22.9 Å². The quantitative estimate of drug-likeness (QED) is 0.271. The number of aromatic nitrogens is 2. The Labute approximate surface area is 180 Å². The van der Waals surface area contributed by atoms with Gasteiger partial charge in [-0.1, -0.05) is 31.2 Å². The molecule has 3 rings (SSSR count). The van der Waals surface area contributed by atoms with Gasteiger partial charge in [-0.25, -0.2) is 4.98 Å². The van der Waals surface area contributed by atoms with Crippen LogP contribution >= 0.6 is 0 Å². The van der Waals surface area contributed by atoms with E-state index in [1.54, 1.807) is 0 Å². The largest absolute Gasteiger partial charge is 0.378 e.